The van der Waals surface area contributed by atoms with E-state index in [2.05, 4.69) is 10.6 Å². The minimum Gasteiger partial charge on any atom is -0.349 e. The number of rotatable bonds is 5. The number of nitrogens with one attached hydrogen (secondary N) is 2. The summed E-state index contributed by atoms with van der Waals surface area (Å²) in [5, 5.41) is 6.49. The van der Waals surface area contributed by atoms with Gasteiger partial charge in [0.1, 0.15) is 11.6 Å². The van der Waals surface area contributed by atoms with Gasteiger partial charge in [-0.1, -0.05) is 13.0 Å². The predicted octanol–water partition coefficient (Wildman–Crippen LogP) is 3.45. The predicted molar refractivity (Wildman–Crippen MR) is 84.8 cm³/mol. The van der Waals surface area contributed by atoms with Crippen LogP contribution < -0.4 is 10.6 Å². The van der Waals surface area contributed by atoms with Crippen molar-refractivity contribution in [2.75, 3.05) is 0 Å². The first-order valence-electron chi connectivity index (χ1n) is 8.55. The summed E-state index contributed by atoms with van der Waals surface area (Å²) >= 11 is 0. The van der Waals surface area contributed by atoms with Gasteiger partial charge in [-0.2, -0.15) is 0 Å². The van der Waals surface area contributed by atoms with Crippen molar-refractivity contribution in [3.63, 3.8) is 0 Å². The Labute approximate surface area is 135 Å². The third-order valence-electron chi connectivity index (χ3n) is 5.13. The molecular formula is C18H24F2N2O. The third-order valence-corrected chi connectivity index (χ3v) is 5.13. The average molecular weight is 322 g/mol. The number of benzene rings is 1. The van der Waals surface area contributed by atoms with E-state index in [0.717, 1.165) is 18.9 Å². The van der Waals surface area contributed by atoms with Crippen molar-refractivity contribution in [2.24, 2.45) is 5.92 Å². The summed E-state index contributed by atoms with van der Waals surface area (Å²) in [6.07, 6.45) is 5.58. The zero-order valence-electron chi connectivity index (χ0n) is 13.4. The molecule has 3 rings (SSSR count). The van der Waals surface area contributed by atoms with E-state index in [0.29, 0.717) is 36.4 Å². The smallest absolute Gasteiger partial charge is 0.220 e. The molecule has 1 amide bonds. The molecule has 2 aliphatic rings. The van der Waals surface area contributed by atoms with Gasteiger partial charge in [-0.25, -0.2) is 8.78 Å². The molecule has 2 heterocycles. The second-order valence-corrected chi connectivity index (χ2v) is 6.87. The van der Waals surface area contributed by atoms with E-state index in [4.69, 9.17) is 0 Å². The molecule has 3 nitrogen and oxygen atoms in total. The van der Waals surface area contributed by atoms with Crippen LogP contribution in [0, 0.1) is 17.6 Å². The van der Waals surface area contributed by atoms with Crippen LogP contribution in [0.4, 0.5) is 8.78 Å². The van der Waals surface area contributed by atoms with E-state index in [-0.39, 0.29) is 5.91 Å². The number of halogens is 2. The average Bonchev–Trinajstić information content (AvgIpc) is 2.84. The highest BCUT2D eigenvalue weighted by atomic mass is 19.1. The highest BCUT2D eigenvalue weighted by molar-refractivity contribution is 5.76. The van der Waals surface area contributed by atoms with Crippen molar-refractivity contribution in [3.8, 4) is 0 Å². The SMILES string of the molecule is CCC(NC(=O)CC1CC2CCC(C1)N2)c1ccc(F)cc1F. The minimum atomic E-state index is -0.600. The van der Waals surface area contributed by atoms with Crippen molar-refractivity contribution >= 4 is 5.91 Å². The second kappa shape index (κ2) is 6.95. The van der Waals surface area contributed by atoms with Gasteiger partial charge in [0.15, 0.2) is 0 Å². The number of fused-ring (bicyclic) bond motifs is 2. The van der Waals surface area contributed by atoms with Crippen LogP contribution in [0.25, 0.3) is 0 Å². The molecule has 0 saturated carbocycles. The molecule has 2 saturated heterocycles. The van der Waals surface area contributed by atoms with Crippen LogP contribution in [0.1, 0.15) is 57.1 Å². The van der Waals surface area contributed by atoms with E-state index < -0.39 is 17.7 Å². The molecule has 1 aromatic carbocycles. The van der Waals surface area contributed by atoms with Crippen LogP contribution in [0.15, 0.2) is 18.2 Å². The van der Waals surface area contributed by atoms with E-state index in [1.165, 1.54) is 25.0 Å². The lowest BCUT2D eigenvalue weighted by Crippen LogP contribution is -2.40. The number of amides is 1. The molecule has 0 aliphatic carbocycles. The Morgan fingerprint density at radius 1 is 1.30 bits per heavy atom. The van der Waals surface area contributed by atoms with E-state index in [1.54, 1.807) is 0 Å². The maximum Gasteiger partial charge on any atom is 0.220 e. The van der Waals surface area contributed by atoms with Crippen LogP contribution in [0.3, 0.4) is 0 Å². The lowest BCUT2D eigenvalue weighted by atomic mass is 9.89. The number of hydrogen-bond donors (Lipinski definition) is 2. The van der Waals surface area contributed by atoms with Gasteiger partial charge in [0, 0.05) is 30.1 Å². The molecule has 0 aromatic heterocycles. The van der Waals surface area contributed by atoms with Gasteiger partial charge in [-0.3, -0.25) is 4.79 Å². The van der Waals surface area contributed by atoms with Crippen molar-refractivity contribution in [1.29, 1.82) is 0 Å². The van der Waals surface area contributed by atoms with Crippen LogP contribution in [-0.4, -0.2) is 18.0 Å². The molecule has 0 spiro atoms. The molecule has 2 N–H and O–H groups in total. The Kier molecular flexibility index (Phi) is 4.95. The molecule has 126 valence electrons. The molecule has 2 fully saturated rings. The Bertz CT molecular complexity index is 566. The Hall–Kier alpha value is -1.49. The number of piperidine rings is 1. The lowest BCUT2D eigenvalue weighted by molar-refractivity contribution is -0.123. The Morgan fingerprint density at radius 2 is 2.00 bits per heavy atom. The van der Waals surface area contributed by atoms with E-state index >= 15 is 0 Å². The summed E-state index contributed by atoms with van der Waals surface area (Å²) in [7, 11) is 0. The fourth-order valence-corrected chi connectivity index (χ4v) is 4.04. The number of carbonyl (C=O) groups is 1. The molecule has 2 aliphatic heterocycles. The monoisotopic (exact) mass is 322 g/mol. The summed E-state index contributed by atoms with van der Waals surface area (Å²) in [6.45, 7) is 1.89. The van der Waals surface area contributed by atoms with Crippen LogP contribution >= 0.6 is 0 Å². The Balaban J connectivity index is 1.59. The first-order chi connectivity index (χ1) is 11.0. The van der Waals surface area contributed by atoms with Crippen molar-refractivity contribution in [3.05, 3.63) is 35.4 Å². The molecule has 3 unspecified atom stereocenters. The molecule has 23 heavy (non-hydrogen) atoms. The second-order valence-electron chi connectivity index (χ2n) is 6.87. The largest absolute Gasteiger partial charge is 0.349 e. The quantitative estimate of drug-likeness (QED) is 0.872. The van der Waals surface area contributed by atoms with Gasteiger partial charge >= 0.3 is 0 Å². The van der Waals surface area contributed by atoms with Gasteiger partial charge in [-0.05, 0) is 44.1 Å². The molecular weight excluding hydrogens is 298 g/mol. The zero-order valence-corrected chi connectivity index (χ0v) is 13.4. The molecule has 2 bridgehead atoms. The summed E-state index contributed by atoms with van der Waals surface area (Å²) in [4.78, 5) is 12.3. The fourth-order valence-electron chi connectivity index (χ4n) is 4.04. The summed E-state index contributed by atoms with van der Waals surface area (Å²) in [5.41, 5.74) is 0.354. The minimum absolute atomic E-state index is 0.0353. The first-order valence-corrected chi connectivity index (χ1v) is 8.55. The molecule has 1 aromatic rings. The van der Waals surface area contributed by atoms with Crippen LogP contribution in [0.2, 0.25) is 0 Å². The lowest BCUT2D eigenvalue weighted by Gasteiger charge is -2.29. The van der Waals surface area contributed by atoms with Crippen LogP contribution in [-0.2, 0) is 4.79 Å². The number of carbonyl (C=O) groups excluding carboxylic acids is 1. The first kappa shape index (κ1) is 16.4. The zero-order chi connectivity index (χ0) is 16.4. The molecule has 5 heteroatoms. The topological polar surface area (TPSA) is 41.1 Å². The van der Waals surface area contributed by atoms with Gasteiger partial charge in [0.25, 0.3) is 0 Å². The van der Waals surface area contributed by atoms with Crippen molar-refractivity contribution in [1.82, 2.24) is 10.6 Å². The third kappa shape index (κ3) is 3.89. The number of hydrogen-bond acceptors (Lipinski definition) is 2. The standard InChI is InChI=1S/C18H24F2N2O/c1-2-17(15-6-3-12(19)10-16(15)20)22-18(23)9-11-7-13-4-5-14(8-11)21-13/h3,6,10-11,13-14,17,21H,2,4-5,7-9H2,1H3,(H,22,23). The summed E-state index contributed by atoms with van der Waals surface area (Å²) in [5.74, 6) is -0.828. The van der Waals surface area contributed by atoms with Gasteiger partial charge in [-0.15, -0.1) is 0 Å². The van der Waals surface area contributed by atoms with Gasteiger partial charge in [0.05, 0.1) is 6.04 Å². The van der Waals surface area contributed by atoms with Crippen molar-refractivity contribution in [2.45, 2.75) is 63.6 Å². The Morgan fingerprint density at radius 3 is 2.61 bits per heavy atom. The maximum absolute atomic E-state index is 13.9. The molecule has 0 radical (unpaired) electrons. The normalized spacial score (nSPS) is 27.7. The summed E-state index contributed by atoms with van der Waals surface area (Å²) < 4.78 is 26.9. The van der Waals surface area contributed by atoms with Crippen molar-refractivity contribution < 1.29 is 13.6 Å². The maximum atomic E-state index is 13.9. The van der Waals surface area contributed by atoms with E-state index in [9.17, 15) is 13.6 Å². The fraction of sp³-hybridized carbons (Fsp3) is 0.611. The highest BCUT2D eigenvalue weighted by Crippen LogP contribution is 2.33. The summed E-state index contributed by atoms with van der Waals surface area (Å²) in [6, 6.07) is 4.24. The molecule has 3 atom stereocenters. The van der Waals surface area contributed by atoms with Crippen LogP contribution in [0.5, 0.6) is 0 Å². The highest BCUT2D eigenvalue weighted by Gasteiger charge is 2.34. The van der Waals surface area contributed by atoms with Gasteiger partial charge < -0.3 is 10.6 Å². The van der Waals surface area contributed by atoms with E-state index in [1.807, 2.05) is 6.92 Å². The van der Waals surface area contributed by atoms with Gasteiger partial charge in [0.2, 0.25) is 5.91 Å².